The average Bonchev–Trinajstić information content (AvgIpc) is 3.54. The van der Waals surface area contributed by atoms with Crippen LogP contribution in [0.1, 0.15) is 11.3 Å². The lowest BCUT2D eigenvalue weighted by atomic mass is 10.1. The Morgan fingerprint density at radius 3 is 2.70 bits per heavy atom. The van der Waals surface area contributed by atoms with E-state index in [4.69, 9.17) is 9.15 Å². The molecule has 0 aliphatic carbocycles. The van der Waals surface area contributed by atoms with Gasteiger partial charge in [0.1, 0.15) is 23.6 Å². The number of urea groups is 1. The van der Waals surface area contributed by atoms with E-state index < -0.39 is 17.8 Å². The first kappa shape index (κ1) is 23.6. The van der Waals surface area contributed by atoms with Gasteiger partial charge in [0.05, 0.1) is 25.6 Å². The zero-order valence-electron chi connectivity index (χ0n) is 19.8. The van der Waals surface area contributed by atoms with Crippen LogP contribution in [0.15, 0.2) is 83.1 Å². The second kappa shape index (κ2) is 9.86. The Kier molecular flexibility index (Phi) is 6.29. The number of nitrogens with zero attached hydrogens (tertiary/aromatic N) is 2. The highest BCUT2D eigenvalue weighted by molar-refractivity contribution is 6.39. The maximum atomic E-state index is 13.3. The van der Waals surface area contributed by atoms with Crippen molar-refractivity contribution < 1.29 is 28.3 Å². The van der Waals surface area contributed by atoms with Crippen molar-refractivity contribution in [3.63, 3.8) is 0 Å². The smallest absolute Gasteiger partial charge is 0.335 e. The van der Waals surface area contributed by atoms with Gasteiger partial charge < -0.3 is 19.0 Å². The van der Waals surface area contributed by atoms with E-state index in [1.54, 1.807) is 41.1 Å². The molecular formula is C27H22N4O6. The topological polar surface area (TPSA) is 123 Å². The van der Waals surface area contributed by atoms with Crippen LogP contribution in [0, 0.1) is 0 Å². The molecular weight excluding hydrogens is 476 g/mol. The number of aromatic nitrogens is 1. The summed E-state index contributed by atoms with van der Waals surface area (Å²) in [6.07, 6.45) is 4.65. The number of nitrogens with one attached hydrogen (secondary N) is 2. The molecule has 0 spiro atoms. The first-order chi connectivity index (χ1) is 17.9. The molecule has 1 saturated heterocycles. The third kappa shape index (κ3) is 4.72. The van der Waals surface area contributed by atoms with Crippen molar-refractivity contribution in [3.05, 3.63) is 90.0 Å². The number of methoxy groups -OCH3 is 1. The van der Waals surface area contributed by atoms with Crippen LogP contribution in [0.3, 0.4) is 0 Å². The third-order valence-corrected chi connectivity index (χ3v) is 5.89. The van der Waals surface area contributed by atoms with E-state index in [1.807, 2.05) is 24.3 Å². The Balaban J connectivity index is 1.46. The summed E-state index contributed by atoms with van der Waals surface area (Å²) in [6, 6.07) is 16.4. The maximum absolute atomic E-state index is 13.3. The molecule has 2 aromatic heterocycles. The number of amides is 5. The summed E-state index contributed by atoms with van der Waals surface area (Å²) in [5.41, 5.74) is 1.34. The number of hydrogen-bond acceptors (Lipinski definition) is 6. The average molecular weight is 498 g/mol. The number of carbonyl (C=O) groups excluding carboxylic acids is 4. The van der Waals surface area contributed by atoms with E-state index in [0.29, 0.717) is 17.1 Å². The molecule has 0 atom stereocenters. The van der Waals surface area contributed by atoms with E-state index in [0.717, 1.165) is 15.8 Å². The van der Waals surface area contributed by atoms with Crippen molar-refractivity contribution in [3.8, 4) is 5.75 Å². The van der Waals surface area contributed by atoms with Crippen LogP contribution in [0.25, 0.3) is 17.0 Å². The minimum Gasteiger partial charge on any atom is -0.497 e. The van der Waals surface area contributed by atoms with Gasteiger partial charge in [0.25, 0.3) is 11.8 Å². The summed E-state index contributed by atoms with van der Waals surface area (Å²) in [5, 5.41) is 5.76. The van der Waals surface area contributed by atoms with Crippen LogP contribution in [0.4, 0.5) is 10.5 Å². The first-order valence-corrected chi connectivity index (χ1v) is 11.4. The predicted molar refractivity (Wildman–Crippen MR) is 134 cm³/mol. The molecule has 5 rings (SSSR count). The third-order valence-electron chi connectivity index (χ3n) is 5.89. The van der Waals surface area contributed by atoms with E-state index in [1.165, 1.54) is 25.5 Å². The minimum atomic E-state index is -0.851. The molecule has 37 heavy (non-hydrogen) atoms. The van der Waals surface area contributed by atoms with Crippen molar-refractivity contribution >= 4 is 46.4 Å². The first-order valence-electron chi connectivity index (χ1n) is 11.4. The van der Waals surface area contributed by atoms with Crippen molar-refractivity contribution in [1.82, 2.24) is 15.2 Å². The van der Waals surface area contributed by atoms with Gasteiger partial charge in [0.15, 0.2) is 0 Å². The Labute approximate surface area is 211 Å². The fraction of sp³-hybridized carbons (Fsp3) is 0.111. The molecule has 3 heterocycles. The lowest BCUT2D eigenvalue weighted by Gasteiger charge is -2.26. The molecule has 0 unspecified atom stereocenters. The molecule has 2 aromatic carbocycles. The molecule has 1 fully saturated rings. The molecule has 4 aromatic rings. The van der Waals surface area contributed by atoms with E-state index in [2.05, 4.69) is 10.6 Å². The van der Waals surface area contributed by atoms with Gasteiger partial charge in [-0.3, -0.25) is 19.7 Å². The van der Waals surface area contributed by atoms with Crippen LogP contribution in [0.5, 0.6) is 5.75 Å². The number of furan rings is 1. The summed E-state index contributed by atoms with van der Waals surface area (Å²) in [4.78, 5) is 52.0. The monoisotopic (exact) mass is 498 g/mol. The van der Waals surface area contributed by atoms with E-state index >= 15 is 0 Å². The van der Waals surface area contributed by atoms with Crippen LogP contribution < -0.4 is 20.3 Å². The number of benzene rings is 2. The summed E-state index contributed by atoms with van der Waals surface area (Å²) < 4.78 is 12.2. The molecule has 0 saturated carbocycles. The van der Waals surface area contributed by atoms with Crippen LogP contribution in [-0.2, 0) is 27.5 Å². The highest BCUT2D eigenvalue weighted by Gasteiger charge is 2.37. The minimum absolute atomic E-state index is 0.0129. The second-order valence-electron chi connectivity index (χ2n) is 8.24. The standard InChI is InChI=1S/C27H22N4O6/c1-36-19-7-4-6-18(13-19)31-26(34)22(25(33)29-27(31)35)12-17-15-30(23-10-3-2-9-21(17)23)16-24(32)28-14-20-8-5-11-37-20/h2-13,15H,14,16H2,1H3,(H,28,32)(H,29,33,35)/b22-12+. The zero-order chi connectivity index (χ0) is 25.9. The molecule has 186 valence electrons. The van der Waals surface area contributed by atoms with Crippen molar-refractivity contribution in [2.24, 2.45) is 0 Å². The Bertz CT molecular complexity index is 1550. The summed E-state index contributed by atoms with van der Waals surface area (Å²) >= 11 is 0. The zero-order valence-corrected chi connectivity index (χ0v) is 19.8. The van der Waals surface area contributed by atoms with Gasteiger partial charge >= 0.3 is 6.03 Å². The lowest BCUT2D eigenvalue weighted by molar-refractivity contribution is -0.123. The number of rotatable bonds is 7. The predicted octanol–water partition coefficient (Wildman–Crippen LogP) is 3.23. The largest absolute Gasteiger partial charge is 0.497 e. The number of ether oxygens (including phenoxy) is 1. The number of hydrogen-bond donors (Lipinski definition) is 2. The fourth-order valence-corrected chi connectivity index (χ4v) is 4.13. The normalized spacial score (nSPS) is 14.8. The van der Waals surface area contributed by atoms with Crippen molar-refractivity contribution in [2.75, 3.05) is 12.0 Å². The highest BCUT2D eigenvalue weighted by Crippen LogP contribution is 2.28. The number of imide groups is 2. The van der Waals surface area contributed by atoms with Gasteiger partial charge in [-0.15, -0.1) is 0 Å². The molecule has 0 bridgehead atoms. The van der Waals surface area contributed by atoms with Gasteiger partial charge in [-0.05, 0) is 36.4 Å². The highest BCUT2D eigenvalue weighted by atomic mass is 16.5. The van der Waals surface area contributed by atoms with Gasteiger partial charge in [-0.25, -0.2) is 9.69 Å². The lowest BCUT2D eigenvalue weighted by Crippen LogP contribution is -2.54. The fourth-order valence-electron chi connectivity index (χ4n) is 4.13. The van der Waals surface area contributed by atoms with Crippen molar-refractivity contribution in [1.29, 1.82) is 0 Å². The quantitative estimate of drug-likeness (QED) is 0.298. The number of carbonyl (C=O) groups is 4. The molecule has 1 aliphatic heterocycles. The van der Waals surface area contributed by atoms with Crippen LogP contribution in [0.2, 0.25) is 0 Å². The summed E-state index contributed by atoms with van der Waals surface area (Å²) in [7, 11) is 1.47. The number of fused-ring (bicyclic) bond motifs is 1. The molecule has 0 radical (unpaired) electrons. The number of anilines is 1. The summed E-state index contributed by atoms with van der Waals surface area (Å²) in [6.45, 7) is 0.268. The second-order valence-corrected chi connectivity index (χ2v) is 8.24. The van der Waals surface area contributed by atoms with Gasteiger partial charge in [0.2, 0.25) is 5.91 Å². The van der Waals surface area contributed by atoms with E-state index in [9.17, 15) is 19.2 Å². The molecule has 10 heteroatoms. The van der Waals surface area contributed by atoms with Crippen LogP contribution in [-0.4, -0.2) is 35.4 Å². The summed E-state index contributed by atoms with van der Waals surface area (Å²) in [5.74, 6) is -0.725. The molecule has 10 nitrogen and oxygen atoms in total. The number of barbiturate groups is 1. The molecule has 5 amide bonds. The van der Waals surface area contributed by atoms with Crippen molar-refractivity contribution in [2.45, 2.75) is 13.1 Å². The van der Waals surface area contributed by atoms with E-state index in [-0.39, 0.29) is 30.3 Å². The molecule has 1 aliphatic rings. The van der Waals surface area contributed by atoms with Gasteiger partial charge in [-0.2, -0.15) is 0 Å². The Morgan fingerprint density at radius 2 is 1.92 bits per heavy atom. The number of para-hydroxylation sites is 1. The molecule has 2 N–H and O–H groups in total. The maximum Gasteiger partial charge on any atom is 0.335 e. The van der Waals surface area contributed by atoms with Gasteiger partial charge in [0, 0.05) is 28.7 Å². The Hall–Kier alpha value is -5.12. The van der Waals surface area contributed by atoms with Gasteiger partial charge in [-0.1, -0.05) is 24.3 Å². The SMILES string of the molecule is COc1cccc(N2C(=O)NC(=O)/C(=C\c3cn(CC(=O)NCc4ccco4)c4ccccc34)C2=O)c1. The Morgan fingerprint density at radius 1 is 1.08 bits per heavy atom. The van der Waals surface area contributed by atoms with Crippen LogP contribution >= 0.6 is 0 Å².